The van der Waals surface area contributed by atoms with Crippen LogP contribution in [0.5, 0.6) is 0 Å². The van der Waals surface area contributed by atoms with Crippen molar-refractivity contribution in [3.63, 3.8) is 0 Å². The molecule has 0 amide bonds. The number of allylic oxidation sites excluding steroid dienone is 1. The van der Waals surface area contributed by atoms with Gasteiger partial charge >= 0.3 is 0 Å². The molecule has 1 saturated carbocycles. The predicted molar refractivity (Wildman–Crippen MR) is 74.4 cm³/mol. The van der Waals surface area contributed by atoms with Gasteiger partial charge in [-0.3, -0.25) is 0 Å². The fourth-order valence-electron chi connectivity index (χ4n) is 3.67. The Balaban J connectivity index is 1.53. The predicted octanol–water partition coefficient (Wildman–Crippen LogP) is 4.03. The van der Waals surface area contributed by atoms with E-state index in [0.29, 0.717) is 6.10 Å². The molecule has 2 heteroatoms. The van der Waals surface area contributed by atoms with E-state index in [1.807, 2.05) is 0 Å². The third-order valence-corrected chi connectivity index (χ3v) is 6.02. The molecule has 0 aromatic heterocycles. The number of thioether (sulfide) groups is 1. The average Bonchev–Trinajstić information content (AvgIpc) is 2.89. The molecule has 96 valence electrons. The summed E-state index contributed by atoms with van der Waals surface area (Å²) in [4.78, 5) is 0. The fourth-order valence-corrected chi connectivity index (χ4v) is 4.84. The van der Waals surface area contributed by atoms with E-state index in [0.717, 1.165) is 23.7 Å². The van der Waals surface area contributed by atoms with Gasteiger partial charge in [-0.05, 0) is 49.7 Å². The molecule has 3 rings (SSSR count). The maximum Gasteiger partial charge on any atom is 0.0787 e. The molecule has 0 bridgehead atoms. The standard InChI is InChI=1S/C15H24OS/c1-2-8-14-12(5-1)6-3-9-15(14)16-11-13-7-4-10-17-13/h3,9,12-15H,1-2,4-8,10-11H2. The summed E-state index contributed by atoms with van der Waals surface area (Å²) in [6.07, 6.45) is 14.9. The summed E-state index contributed by atoms with van der Waals surface area (Å²) >= 11 is 2.11. The van der Waals surface area contributed by atoms with Gasteiger partial charge in [0.1, 0.15) is 0 Å². The lowest BCUT2D eigenvalue weighted by molar-refractivity contribution is 0.00416. The van der Waals surface area contributed by atoms with Crippen molar-refractivity contribution in [2.24, 2.45) is 11.8 Å². The van der Waals surface area contributed by atoms with E-state index in [1.165, 1.54) is 50.7 Å². The molecular formula is C15H24OS. The molecule has 1 heterocycles. The lowest BCUT2D eigenvalue weighted by Gasteiger charge is -2.38. The van der Waals surface area contributed by atoms with Crippen LogP contribution in [0, 0.1) is 11.8 Å². The monoisotopic (exact) mass is 252 g/mol. The van der Waals surface area contributed by atoms with Gasteiger partial charge in [-0.25, -0.2) is 0 Å². The van der Waals surface area contributed by atoms with Gasteiger partial charge in [0.15, 0.2) is 0 Å². The van der Waals surface area contributed by atoms with Gasteiger partial charge in [0.25, 0.3) is 0 Å². The van der Waals surface area contributed by atoms with E-state index < -0.39 is 0 Å². The molecule has 2 fully saturated rings. The van der Waals surface area contributed by atoms with Crippen molar-refractivity contribution < 1.29 is 4.74 Å². The van der Waals surface area contributed by atoms with Gasteiger partial charge in [-0.2, -0.15) is 11.8 Å². The van der Waals surface area contributed by atoms with Crippen molar-refractivity contribution in [1.82, 2.24) is 0 Å². The summed E-state index contributed by atoms with van der Waals surface area (Å²) in [5.41, 5.74) is 0. The Kier molecular flexibility index (Phi) is 4.12. The van der Waals surface area contributed by atoms with Crippen LogP contribution in [-0.4, -0.2) is 23.7 Å². The van der Waals surface area contributed by atoms with Crippen molar-refractivity contribution in [3.8, 4) is 0 Å². The lowest BCUT2D eigenvalue weighted by atomic mass is 9.72. The number of fused-ring (bicyclic) bond motifs is 1. The highest BCUT2D eigenvalue weighted by molar-refractivity contribution is 8.00. The zero-order valence-corrected chi connectivity index (χ0v) is 11.5. The van der Waals surface area contributed by atoms with Crippen molar-refractivity contribution in [1.29, 1.82) is 0 Å². The first-order valence-corrected chi connectivity index (χ1v) is 8.38. The second kappa shape index (κ2) is 5.79. The maximum absolute atomic E-state index is 6.23. The van der Waals surface area contributed by atoms with E-state index >= 15 is 0 Å². The highest BCUT2D eigenvalue weighted by Crippen LogP contribution is 2.39. The Labute approximate surface area is 109 Å². The molecule has 0 aromatic carbocycles. The zero-order valence-electron chi connectivity index (χ0n) is 10.6. The molecule has 0 spiro atoms. The minimum Gasteiger partial charge on any atom is -0.373 e. The van der Waals surface area contributed by atoms with Crippen LogP contribution in [-0.2, 0) is 4.74 Å². The molecule has 17 heavy (non-hydrogen) atoms. The Morgan fingerprint density at radius 3 is 2.94 bits per heavy atom. The van der Waals surface area contributed by atoms with Crippen LogP contribution in [0.25, 0.3) is 0 Å². The van der Waals surface area contributed by atoms with Crippen LogP contribution in [0.15, 0.2) is 12.2 Å². The van der Waals surface area contributed by atoms with Crippen molar-refractivity contribution >= 4 is 11.8 Å². The molecule has 4 unspecified atom stereocenters. The Morgan fingerprint density at radius 1 is 1.12 bits per heavy atom. The summed E-state index contributed by atoms with van der Waals surface area (Å²) in [5, 5.41) is 0.785. The molecule has 1 saturated heterocycles. The second-order valence-electron chi connectivity index (χ2n) is 5.81. The van der Waals surface area contributed by atoms with Crippen LogP contribution in [0.1, 0.15) is 44.9 Å². The lowest BCUT2D eigenvalue weighted by Crippen LogP contribution is -2.35. The second-order valence-corrected chi connectivity index (χ2v) is 7.21. The number of hydrogen-bond donors (Lipinski definition) is 0. The fraction of sp³-hybridized carbons (Fsp3) is 0.867. The molecule has 0 radical (unpaired) electrons. The Hall–Kier alpha value is 0.0500. The SMILES string of the molecule is C1=CC(OCC2CCCS2)C2CCCCC2C1. The van der Waals surface area contributed by atoms with Crippen molar-refractivity contribution in [2.45, 2.75) is 56.3 Å². The average molecular weight is 252 g/mol. The summed E-state index contributed by atoms with van der Waals surface area (Å²) < 4.78 is 6.23. The first-order valence-electron chi connectivity index (χ1n) is 7.33. The molecule has 0 N–H and O–H groups in total. The first kappa shape index (κ1) is 12.1. The normalized spacial score (nSPS) is 41.4. The molecule has 1 aliphatic heterocycles. The van der Waals surface area contributed by atoms with E-state index in [2.05, 4.69) is 23.9 Å². The largest absolute Gasteiger partial charge is 0.373 e. The van der Waals surface area contributed by atoms with E-state index in [-0.39, 0.29) is 0 Å². The molecule has 2 aliphatic carbocycles. The summed E-state index contributed by atoms with van der Waals surface area (Å²) in [6.45, 7) is 0.989. The van der Waals surface area contributed by atoms with Crippen LogP contribution < -0.4 is 0 Å². The third kappa shape index (κ3) is 2.90. The van der Waals surface area contributed by atoms with Crippen LogP contribution in [0.2, 0.25) is 0 Å². The number of ether oxygens (including phenoxy) is 1. The minimum atomic E-state index is 0.440. The first-order chi connectivity index (χ1) is 8.43. The van der Waals surface area contributed by atoms with Gasteiger partial charge in [-0.15, -0.1) is 0 Å². The summed E-state index contributed by atoms with van der Waals surface area (Å²) in [6, 6.07) is 0. The topological polar surface area (TPSA) is 9.23 Å². The molecule has 4 atom stereocenters. The summed E-state index contributed by atoms with van der Waals surface area (Å²) in [5.74, 6) is 3.11. The van der Waals surface area contributed by atoms with Gasteiger partial charge in [0, 0.05) is 5.25 Å². The van der Waals surface area contributed by atoms with Gasteiger partial charge in [0.2, 0.25) is 0 Å². The smallest absolute Gasteiger partial charge is 0.0787 e. The molecule has 0 aromatic rings. The highest BCUT2D eigenvalue weighted by atomic mass is 32.2. The quantitative estimate of drug-likeness (QED) is 0.701. The highest BCUT2D eigenvalue weighted by Gasteiger charge is 2.33. The van der Waals surface area contributed by atoms with Crippen LogP contribution in [0.4, 0.5) is 0 Å². The van der Waals surface area contributed by atoms with Crippen LogP contribution in [0.3, 0.4) is 0 Å². The molecule has 3 aliphatic rings. The number of hydrogen-bond acceptors (Lipinski definition) is 2. The van der Waals surface area contributed by atoms with E-state index in [1.54, 1.807) is 0 Å². The Morgan fingerprint density at radius 2 is 2.06 bits per heavy atom. The van der Waals surface area contributed by atoms with Crippen LogP contribution >= 0.6 is 11.8 Å². The molecular weight excluding hydrogens is 228 g/mol. The Bertz CT molecular complexity index is 270. The van der Waals surface area contributed by atoms with Gasteiger partial charge < -0.3 is 4.74 Å². The summed E-state index contributed by atoms with van der Waals surface area (Å²) in [7, 11) is 0. The molecule has 1 nitrogen and oxygen atoms in total. The van der Waals surface area contributed by atoms with Gasteiger partial charge in [0.05, 0.1) is 12.7 Å². The maximum atomic E-state index is 6.23. The van der Waals surface area contributed by atoms with Gasteiger partial charge in [-0.1, -0.05) is 25.0 Å². The number of rotatable bonds is 3. The van der Waals surface area contributed by atoms with Crippen molar-refractivity contribution in [3.05, 3.63) is 12.2 Å². The van der Waals surface area contributed by atoms with Crippen molar-refractivity contribution in [2.75, 3.05) is 12.4 Å². The third-order valence-electron chi connectivity index (χ3n) is 4.65. The van der Waals surface area contributed by atoms with E-state index in [9.17, 15) is 0 Å². The minimum absolute atomic E-state index is 0.440. The zero-order chi connectivity index (χ0) is 11.5. The van der Waals surface area contributed by atoms with E-state index in [4.69, 9.17) is 4.74 Å².